The van der Waals surface area contributed by atoms with E-state index in [1.807, 2.05) is 46.8 Å². The Hall–Kier alpha value is -1.90. The fourth-order valence-electron chi connectivity index (χ4n) is 2.17. The summed E-state index contributed by atoms with van der Waals surface area (Å²) in [6.45, 7) is 13.5. The van der Waals surface area contributed by atoms with Crippen molar-refractivity contribution >= 4 is 17.8 Å². The van der Waals surface area contributed by atoms with E-state index in [2.05, 4.69) is 6.58 Å². The van der Waals surface area contributed by atoms with Crippen LogP contribution in [0.15, 0.2) is 18.7 Å². The van der Waals surface area contributed by atoms with Crippen molar-refractivity contribution in [2.24, 2.45) is 5.41 Å². The van der Waals surface area contributed by atoms with E-state index in [0.717, 1.165) is 28.5 Å². The van der Waals surface area contributed by atoms with Gasteiger partial charge in [-0.25, -0.2) is 0 Å². The number of rotatable bonds is 6. The lowest BCUT2D eigenvalue weighted by molar-refractivity contribution is -0.155. The molecule has 114 valence electrons. The fourth-order valence-corrected chi connectivity index (χ4v) is 2.17. The Morgan fingerprint density at radius 2 is 1.95 bits per heavy atom. The van der Waals surface area contributed by atoms with Crippen LogP contribution in [-0.4, -0.2) is 12.3 Å². The van der Waals surface area contributed by atoms with E-state index in [0.29, 0.717) is 12.0 Å². The van der Waals surface area contributed by atoms with Gasteiger partial charge < -0.3 is 4.74 Å². The third-order valence-corrected chi connectivity index (χ3v) is 3.82. The van der Waals surface area contributed by atoms with E-state index in [1.165, 1.54) is 0 Å². The Kier molecular flexibility index (Phi) is 5.47. The number of aryl methyl sites for hydroxylation is 2. The van der Waals surface area contributed by atoms with Gasteiger partial charge in [-0.15, -0.1) is 0 Å². The maximum atomic E-state index is 12.1. The topological polar surface area (TPSA) is 43.4 Å². The number of carbonyl (C=O) groups is 2. The molecule has 1 aromatic rings. The van der Waals surface area contributed by atoms with E-state index < -0.39 is 5.41 Å². The zero-order valence-corrected chi connectivity index (χ0v) is 13.6. The van der Waals surface area contributed by atoms with Gasteiger partial charge in [0.2, 0.25) is 0 Å². The molecule has 0 aliphatic carbocycles. The predicted molar refractivity (Wildman–Crippen MR) is 84.9 cm³/mol. The van der Waals surface area contributed by atoms with Gasteiger partial charge in [0.05, 0.1) is 5.41 Å². The number of benzene rings is 1. The Balaban J connectivity index is 3.06. The van der Waals surface area contributed by atoms with E-state index in [-0.39, 0.29) is 12.6 Å². The van der Waals surface area contributed by atoms with Crippen LogP contribution >= 0.6 is 0 Å². The molecule has 0 aliphatic heterocycles. The normalized spacial score (nSPS) is 11.1. The molecule has 0 bridgehead atoms. The molecule has 0 aromatic heterocycles. The highest BCUT2D eigenvalue weighted by Crippen LogP contribution is 2.26. The average molecular weight is 288 g/mol. The summed E-state index contributed by atoms with van der Waals surface area (Å²) >= 11 is 0. The van der Waals surface area contributed by atoms with Crippen molar-refractivity contribution < 1.29 is 14.3 Å². The Bertz CT molecular complexity index is 568. The van der Waals surface area contributed by atoms with Crippen LogP contribution < -0.4 is 0 Å². The van der Waals surface area contributed by atoms with E-state index in [9.17, 15) is 9.59 Å². The van der Waals surface area contributed by atoms with Gasteiger partial charge in [0.15, 0.2) is 0 Å². The molecule has 0 fully saturated rings. The molecular weight excluding hydrogens is 264 g/mol. The van der Waals surface area contributed by atoms with Crippen LogP contribution in [0.25, 0.3) is 5.57 Å². The van der Waals surface area contributed by atoms with Gasteiger partial charge >= 0.3 is 5.97 Å². The Morgan fingerprint density at radius 3 is 2.48 bits per heavy atom. The van der Waals surface area contributed by atoms with Crippen molar-refractivity contribution in [2.75, 3.05) is 0 Å². The highest BCUT2D eigenvalue weighted by atomic mass is 16.5. The standard InChI is InChI=1S/C18H24O3/c1-7-18(5,6)17(20)21-11-15-9-12(2)8-13(3)16(15)14(4)10-19/h8-10H,4,7,11H2,1-3,5-6H3. The first-order valence-corrected chi connectivity index (χ1v) is 7.14. The summed E-state index contributed by atoms with van der Waals surface area (Å²) in [6, 6.07) is 3.93. The van der Waals surface area contributed by atoms with E-state index >= 15 is 0 Å². The third-order valence-electron chi connectivity index (χ3n) is 3.82. The Labute approximate surface area is 127 Å². The summed E-state index contributed by atoms with van der Waals surface area (Å²) in [7, 11) is 0. The molecule has 0 heterocycles. The highest BCUT2D eigenvalue weighted by molar-refractivity contribution is 6.07. The minimum Gasteiger partial charge on any atom is -0.460 e. The molecule has 0 spiro atoms. The summed E-state index contributed by atoms with van der Waals surface area (Å²) in [6.07, 6.45) is 1.45. The lowest BCUT2D eigenvalue weighted by Gasteiger charge is -2.21. The second-order valence-electron chi connectivity index (χ2n) is 6.07. The number of carbonyl (C=O) groups excluding carboxylic acids is 2. The highest BCUT2D eigenvalue weighted by Gasteiger charge is 2.27. The molecular formula is C18H24O3. The third kappa shape index (κ3) is 4.03. The molecule has 3 nitrogen and oxygen atoms in total. The van der Waals surface area contributed by atoms with Gasteiger partial charge in [0, 0.05) is 5.57 Å². The van der Waals surface area contributed by atoms with Crippen molar-refractivity contribution in [3.05, 3.63) is 41.0 Å². The monoisotopic (exact) mass is 288 g/mol. The summed E-state index contributed by atoms with van der Waals surface area (Å²) < 4.78 is 5.43. The van der Waals surface area contributed by atoms with Crippen LogP contribution in [0.2, 0.25) is 0 Å². The number of aldehydes is 1. The van der Waals surface area contributed by atoms with E-state index in [1.54, 1.807) is 0 Å². The van der Waals surface area contributed by atoms with Crippen LogP contribution in [0.3, 0.4) is 0 Å². The summed E-state index contributed by atoms with van der Waals surface area (Å²) in [5.41, 5.74) is 3.54. The van der Waals surface area contributed by atoms with Crippen LogP contribution in [-0.2, 0) is 20.9 Å². The zero-order valence-electron chi connectivity index (χ0n) is 13.6. The lowest BCUT2D eigenvalue weighted by Crippen LogP contribution is -2.25. The molecule has 0 atom stereocenters. The van der Waals surface area contributed by atoms with Crippen LogP contribution in [0.4, 0.5) is 0 Å². The number of ether oxygens (including phenoxy) is 1. The first-order chi connectivity index (χ1) is 9.72. The molecule has 1 rings (SSSR count). The molecule has 0 saturated carbocycles. The molecule has 1 aromatic carbocycles. The maximum absolute atomic E-state index is 12.1. The average Bonchev–Trinajstić information content (AvgIpc) is 2.43. The molecule has 0 unspecified atom stereocenters. The van der Waals surface area contributed by atoms with Crippen molar-refractivity contribution in [3.63, 3.8) is 0 Å². The minimum absolute atomic E-state index is 0.160. The molecule has 0 aliphatic rings. The van der Waals surface area contributed by atoms with Gasteiger partial charge in [-0.3, -0.25) is 9.59 Å². The largest absolute Gasteiger partial charge is 0.460 e. The van der Waals surface area contributed by atoms with Crippen molar-refractivity contribution in [1.82, 2.24) is 0 Å². The van der Waals surface area contributed by atoms with Crippen molar-refractivity contribution in [3.8, 4) is 0 Å². The molecule has 0 radical (unpaired) electrons. The number of allylic oxidation sites excluding steroid dienone is 1. The molecule has 21 heavy (non-hydrogen) atoms. The Morgan fingerprint density at radius 1 is 1.33 bits per heavy atom. The van der Waals surface area contributed by atoms with Crippen molar-refractivity contribution in [1.29, 1.82) is 0 Å². The predicted octanol–water partition coefficient (Wildman–Crippen LogP) is 3.99. The second kappa shape index (κ2) is 6.70. The zero-order chi connectivity index (χ0) is 16.2. The van der Waals surface area contributed by atoms with Gasteiger partial charge in [-0.1, -0.05) is 31.2 Å². The quantitative estimate of drug-likeness (QED) is 0.451. The minimum atomic E-state index is -0.499. The van der Waals surface area contributed by atoms with Crippen LogP contribution in [0, 0.1) is 19.3 Å². The summed E-state index contributed by atoms with van der Waals surface area (Å²) in [5, 5.41) is 0. The fraction of sp³-hybridized carbons (Fsp3) is 0.444. The number of hydrogen-bond acceptors (Lipinski definition) is 3. The van der Waals surface area contributed by atoms with Gasteiger partial charge in [0.25, 0.3) is 0 Å². The molecule has 3 heteroatoms. The van der Waals surface area contributed by atoms with Crippen LogP contribution in [0.5, 0.6) is 0 Å². The number of esters is 1. The number of hydrogen-bond donors (Lipinski definition) is 0. The summed E-state index contributed by atoms with van der Waals surface area (Å²) in [4.78, 5) is 23.1. The maximum Gasteiger partial charge on any atom is 0.311 e. The van der Waals surface area contributed by atoms with Gasteiger partial charge in [-0.2, -0.15) is 0 Å². The first kappa shape index (κ1) is 17.2. The van der Waals surface area contributed by atoms with Crippen molar-refractivity contribution in [2.45, 2.75) is 47.6 Å². The van der Waals surface area contributed by atoms with Gasteiger partial charge in [0.1, 0.15) is 12.9 Å². The molecule has 0 amide bonds. The van der Waals surface area contributed by atoms with Gasteiger partial charge in [-0.05, 0) is 50.8 Å². The smallest absolute Gasteiger partial charge is 0.311 e. The van der Waals surface area contributed by atoms with E-state index in [4.69, 9.17) is 4.74 Å². The second-order valence-corrected chi connectivity index (χ2v) is 6.07. The van der Waals surface area contributed by atoms with Crippen LogP contribution in [0.1, 0.15) is 49.4 Å². The summed E-state index contributed by atoms with van der Waals surface area (Å²) in [5.74, 6) is -0.230. The molecule has 0 saturated heterocycles. The SMILES string of the molecule is C=C(C=O)c1c(C)cc(C)cc1COC(=O)C(C)(C)CC. The molecule has 0 N–H and O–H groups in total. The lowest BCUT2D eigenvalue weighted by atomic mass is 9.90. The first-order valence-electron chi connectivity index (χ1n) is 7.14.